The maximum absolute atomic E-state index is 13.1. The van der Waals surface area contributed by atoms with Gasteiger partial charge in [0.25, 0.3) is 5.70 Å². The number of para-hydroxylation sites is 1. The second-order valence-electron chi connectivity index (χ2n) is 7.65. The lowest BCUT2D eigenvalue weighted by molar-refractivity contribution is -0.431. The zero-order valence-electron chi connectivity index (χ0n) is 19.2. The Morgan fingerprint density at radius 1 is 0.971 bits per heavy atom. The number of dihydropyridines is 1. The van der Waals surface area contributed by atoms with E-state index in [2.05, 4.69) is 5.32 Å². The Bertz CT molecular complexity index is 1140. The van der Waals surface area contributed by atoms with Crippen LogP contribution in [0.5, 0.6) is 5.75 Å². The highest BCUT2D eigenvalue weighted by molar-refractivity contribution is 5.92. The first kappa shape index (κ1) is 24.5. The molecule has 0 saturated carbocycles. The lowest BCUT2D eigenvalue weighted by Crippen LogP contribution is -2.32. The van der Waals surface area contributed by atoms with Crippen molar-refractivity contribution in [3.8, 4) is 5.75 Å². The van der Waals surface area contributed by atoms with Crippen molar-refractivity contribution in [3.63, 3.8) is 0 Å². The molecule has 2 aromatic rings. The summed E-state index contributed by atoms with van der Waals surface area (Å²) in [6.07, 6.45) is 0. The van der Waals surface area contributed by atoms with Crippen molar-refractivity contribution in [1.82, 2.24) is 5.32 Å². The van der Waals surface area contributed by atoms with Gasteiger partial charge in [-0.05, 0) is 25.5 Å². The van der Waals surface area contributed by atoms with Crippen molar-refractivity contribution in [2.45, 2.75) is 33.3 Å². The van der Waals surface area contributed by atoms with Crippen molar-refractivity contribution in [2.75, 3.05) is 13.2 Å². The molecule has 1 unspecified atom stereocenters. The summed E-state index contributed by atoms with van der Waals surface area (Å²) in [5, 5.41) is 15.0. The number of benzene rings is 2. The van der Waals surface area contributed by atoms with Crippen LogP contribution in [0.15, 0.2) is 77.3 Å². The van der Waals surface area contributed by atoms with Crippen LogP contribution in [0.2, 0.25) is 0 Å². The van der Waals surface area contributed by atoms with E-state index < -0.39 is 22.8 Å². The van der Waals surface area contributed by atoms with Gasteiger partial charge in [0.1, 0.15) is 31.5 Å². The summed E-state index contributed by atoms with van der Waals surface area (Å²) in [5.74, 6) is -1.85. The maximum Gasteiger partial charge on any atom is 0.337 e. The van der Waals surface area contributed by atoms with Crippen LogP contribution in [0, 0.1) is 10.1 Å². The largest absolute Gasteiger partial charge is 0.489 e. The number of carbonyl (C=O) groups is 2. The third-order valence-electron chi connectivity index (χ3n) is 5.23. The van der Waals surface area contributed by atoms with E-state index in [1.54, 1.807) is 38.1 Å². The molecule has 0 aromatic heterocycles. The average molecular weight is 466 g/mol. The third-order valence-corrected chi connectivity index (χ3v) is 5.23. The van der Waals surface area contributed by atoms with Crippen LogP contribution in [0.1, 0.15) is 37.8 Å². The Labute approximate surface area is 197 Å². The Morgan fingerprint density at radius 3 is 2.29 bits per heavy atom. The molecule has 34 heavy (non-hydrogen) atoms. The van der Waals surface area contributed by atoms with Gasteiger partial charge >= 0.3 is 11.9 Å². The molecule has 0 spiro atoms. The molecule has 1 aliphatic rings. The van der Waals surface area contributed by atoms with E-state index in [0.717, 1.165) is 5.56 Å². The fraction of sp³-hybridized carbons (Fsp3) is 0.280. The summed E-state index contributed by atoms with van der Waals surface area (Å²) in [6, 6.07) is 16.4. The molecule has 2 aromatic carbocycles. The number of hydrogen-bond donors (Lipinski definition) is 1. The summed E-state index contributed by atoms with van der Waals surface area (Å²) in [4.78, 5) is 35.6. The minimum absolute atomic E-state index is 0.0934. The Hall–Kier alpha value is -4.14. The van der Waals surface area contributed by atoms with E-state index in [9.17, 15) is 19.7 Å². The number of nitro groups is 1. The van der Waals surface area contributed by atoms with Crippen LogP contribution in [0.4, 0.5) is 0 Å². The fourth-order valence-corrected chi connectivity index (χ4v) is 3.78. The number of rotatable bonds is 9. The third kappa shape index (κ3) is 5.80. The molecule has 0 fully saturated rings. The van der Waals surface area contributed by atoms with Gasteiger partial charge < -0.3 is 19.5 Å². The normalized spacial score (nSPS) is 15.4. The highest BCUT2D eigenvalue weighted by Crippen LogP contribution is 2.42. The van der Waals surface area contributed by atoms with Crippen molar-refractivity contribution in [3.05, 3.63) is 98.5 Å². The Morgan fingerprint density at radius 2 is 1.62 bits per heavy atom. The summed E-state index contributed by atoms with van der Waals surface area (Å²) in [6.45, 7) is 4.46. The Kier molecular flexibility index (Phi) is 8.02. The number of ether oxygens (including phenoxy) is 3. The zero-order valence-corrected chi connectivity index (χ0v) is 19.2. The summed E-state index contributed by atoms with van der Waals surface area (Å²) in [5.41, 5.74) is 2.08. The van der Waals surface area contributed by atoms with E-state index >= 15 is 0 Å². The van der Waals surface area contributed by atoms with Gasteiger partial charge in [0.15, 0.2) is 0 Å². The van der Waals surface area contributed by atoms with Gasteiger partial charge in [0, 0.05) is 18.2 Å². The molecule has 1 N–H and O–H groups in total. The van der Waals surface area contributed by atoms with E-state index in [0.29, 0.717) is 22.7 Å². The molecule has 0 aliphatic carbocycles. The molecule has 178 valence electrons. The van der Waals surface area contributed by atoms with Crippen LogP contribution in [-0.4, -0.2) is 30.1 Å². The van der Waals surface area contributed by atoms with E-state index in [-0.39, 0.29) is 31.1 Å². The monoisotopic (exact) mass is 466 g/mol. The highest BCUT2D eigenvalue weighted by atomic mass is 16.6. The van der Waals surface area contributed by atoms with Gasteiger partial charge in [0.05, 0.1) is 16.2 Å². The summed E-state index contributed by atoms with van der Waals surface area (Å²) in [7, 11) is 0. The SMILES string of the molecule is CC(=O)OCCOC(=O)C1=C(C)NC(C)=C([N+](=O)[O-])C1c1ccccc1OCc1ccccc1. The number of esters is 2. The molecule has 0 amide bonds. The summed E-state index contributed by atoms with van der Waals surface area (Å²) < 4.78 is 16.1. The van der Waals surface area contributed by atoms with Gasteiger partial charge in [-0.2, -0.15) is 0 Å². The summed E-state index contributed by atoms with van der Waals surface area (Å²) >= 11 is 0. The smallest absolute Gasteiger partial charge is 0.337 e. The average Bonchev–Trinajstić information content (AvgIpc) is 2.80. The van der Waals surface area contributed by atoms with Crippen LogP contribution in [0.3, 0.4) is 0 Å². The predicted octanol–water partition coefficient (Wildman–Crippen LogP) is 3.84. The minimum Gasteiger partial charge on any atom is -0.489 e. The molecule has 1 heterocycles. The molecule has 0 radical (unpaired) electrons. The molecular weight excluding hydrogens is 440 g/mol. The van der Waals surface area contributed by atoms with Gasteiger partial charge in [-0.15, -0.1) is 0 Å². The highest BCUT2D eigenvalue weighted by Gasteiger charge is 2.42. The van der Waals surface area contributed by atoms with Crippen LogP contribution >= 0.6 is 0 Å². The van der Waals surface area contributed by atoms with Gasteiger partial charge in [-0.3, -0.25) is 14.9 Å². The lowest BCUT2D eigenvalue weighted by Gasteiger charge is -2.27. The number of allylic oxidation sites excluding steroid dienone is 3. The Balaban J connectivity index is 1.97. The molecular formula is C25H26N2O7. The molecule has 3 rings (SSSR count). The molecule has 0 bridgehead atoms. The standard InChI is InChI=1S/C25H26N2O7/c1-16-22(25(29)33-14-13-32-18(3)28)23(24(27(30)31)17(2)26-16)20-11-7-8-12-21(20)34-15-19-9-5-4-6-10-19/h4-12,23,26H,13-15H2,1-3H3. The maximum atomic E-state index is 13.1. The number of nitrogens with one attached hydrogen (secondary N) is 1. The second-order valence-corrected chi connectivity index (χ2v) is 7.65. The van der Waals surface area contributed by atoms with Crippen LogP contribution < -0.4 is 10.1 Å². The van der Waals surface area contributed by atoms with Gasteiger partial charge in [-0.25, -0.2) is 4.79 Å². The number of carbonyl (C=O) groups excluding carboxylic acids is 2. The lowest BCUT2D eigenvalue weighted by atomic mass is 9.83. The van der Waals surface area contributed by atoms with Crippen LogP contribution in [0.25, 0.3) is 0 Å². The van der Waals surface area contributed by atoms with E-state index in [4.69, 9.17) is 14.2 Å². The van der Waals surface area contributed by atoms with Crippen LogP contribution in [-0.2, 0) is 25.7 Å². The van der Waals surface area contributed by atoms with Crippen molar-refractivity contribution in [1.29, 1.82) is 0 Å². The van der Waals surface area contributed by atoms with E-state index in [1.807, 2.05) is 30.3 Å². The van der Waals surface area contributed by atoms with Gasteiger partial charge in [-0.1, -0.05) is 48.5 Å². The second kappa shape index (κ2) is 11.1. The predicted molar refractivity (Wildman–Crippen MR) is 123 cm³/mol. The fourth-order valence-electron chi connectivity index (χ4n) is 3.78. The number of hydrogen-bond acceptors (Lipinski definition) is 8. The molecule has 0 saturated heterocycles. The van der Waals surface area contributed by atoms with Crippen molar-refractivity contribution >= 4 is 11.9 Å². The molecule has 1 atom stereocenters. The topological polar surface area (TPSA) is 117 Å². The van der Waals surface area contributed by atoms with E-state index in [1.165, 1.54) is 6.92 Å². The van der Waals surface area contributed by atoms with Crippen molar-refractivity contribution < 1.29 is 28.7 Å². The first-order valence-corrected chi connectivity index (χ1v) is 10.7. The molecule has 1 aliphatic heterocycles. The van der Waals surface area contributed by atoms with Crippen molar-refractivity contribution in [2.24, 2.45) is 0 Å². The quantitative estimate of drug-likeness (QED) is 0.256. The van der Waals surface area contributed by atoms with Gasteiger partial charge in [0.2, 0.25) is 0 Å². The molecule has 9 nitrogen and oxygen atoms in total. The minimum atomic E-state index is -1.02. The first-order chi connectivity index (χ1) is 16.3. The first-order valence-electron chi connectivity index (χ1n) is 10.7. The molecule has 9 heteroatoms. The zero-order chi connectivity index (χ0) is 24.7. The number of nitrogens with zero attached hydrogens (tertiary/aromatic N) is 1.